The van der Waals surface area contributed by atoms with E-state index in [0.717, 1.165) is 4.90 Å². The van der Waals surface area contributed by atoms with E-state index in [4.69, 9.17) is 0 Å². The van der Waals surface area contributed by atoms with E-state index in [1.807, 2.05) is 0 Å². The van der Waals surface area contributed by atoms with Gasteiger partial charge in [-0.1, -0.05) is 13.8 Å². The van der Waals surface area contributed by atoms with E-state index in [9.17, 15) is 49.5 Å². The lowest BCUT2D eigenvalue weighted by molar-refractivity contribution is -0.197. The minimum atomic E-state index is -4.84. The van der Waals surface area contributed by atoms with Crippen LogP contribution in [0.25, 0.3) is 0 Å². The highest BCUT2D eigenvalue weighted by atomic mass is 19.4. The first-order valence-corrected chi connectivity index (χ1v) is 12.2. The summed E-state index contributed by atoms with van der Waals surface area (Å²) >= 11 is 0. The highest BCUT2D eigenvalue weighted by Crippen LogP contribution is 2.36. The van der Waals surface area contributed by atoms with E-state index in [-0.39, 0.29) is 38.3 Å². The number of hydrogen-bond acceptors (Lipinski definition) is 5. The molecule has 1 aromatic rings. The number of carbonyl (C=O) groups is 3. The summed E-state index contributed by atoms with van der Waals surface area (Å²) in [6, 6.07) is -3.01. The van der Waals surface area contributed by atoms with Crippen molar-refractivity contribution in [2.24, 2.45) is 11.8 Å². The summed E-state index contributed by atoms with van der Waals surface area (Å²) in [5.41, 5.74) is 0. The molecule has 0 radical (unpaired) electrons. The van der Waals surface area contributed by atoms with Crippen LogP contribution in [0.2, 0.25) is 0 Å². The van der Waals surface area contributed by atoms with Crippen LogP contribution in [0.4, 0.5) is 35.1 Å². The number of halogens is 8. The Bertz CT molecular complexity index is 1040. The van der Waals surface area contributed by atoms with Gasteiger partial charge in [-0.3, -0.25) is 19.3 Å². The number of hydrogen-bond donors (Lipinski definition) is 2. The van der Waals surface area contributed by atoms with Crippen LogP contribution in [-0.2, 0) is 14.4 Å². The molecule has 0 aromatic heterocycles. The summed E-state index contributed by atoms with van der Waals surface area (Å²) in [5.74, 6) is -18.2. The molecule has 1 aromatic carbocycles. The summed E-state index contributed by atoms with van der Waals surface area (Å²) in [5, 5.41) is 5.14. The number of alkyl halides is 3. The van der Waals surface area contributed by atoms with Gasteiger partial charge in [-0.2, -0.15) is 22.0 Å². The number of benzene rings is 1. The summed E-state index contributed by atoms with van der Waals surface area (Å²) in [6.45, 7) is 4.96. The molecule has 2 N–H and O–H groups in total. The maximum Gasteiger partial charge on any atom is 0.404 e. The third-order valence-corrected chi connectivity index (χ3v) is 6.26. The molecule has 1 heterocycles. The number of likely N-dealkylation sites (N-methyl/N-ethyl adjacent to an activating group) is 1. The van der Waals surface area contributed by atoms with Crippen LogP contribution in [0.15, 0.2) is 0 Å². The van der Waals surface area contributed by atoms with Crippen molar-refractivity contribution in [3.05, 3.63) is 29.1 Å². The zero-order valence-electron chi connectivity index (χ0n) is 21.4. The zero-order chi connectivity index (χ0) is 29.7. The Balaban J connectivity index is 2.02. The summed E-state index contributed by atoms with van der Waals surface area (Å²) in [4.78, 5) is 37.7. The van der Waals surface area contributed by atoms with Crippen molar-refractivity contribution in [2.45, 2.75) is 64.7 Å². The third-order valence-electron chi connectivity index (χ3n) is 6.26. The molecule has 0 bridgehead atoms. The van der Waals surface area contributed by atoms with E-state index >= 15 is 0 Å². The Hall–Kier alpha value is -2.97. The van der Waals surface area contributed by atoms with Crippen LogP contribution in [0.3, 0.4) is 0 Å². The van der Waals surface area contributed by atoms with Crippen molar-refractivity contribution in [3.63, 3.8) is 0 Å². The Morgan fingerprint density at radius 2 is 1.56 bits per heavy atom. The number of likely N-dealkylation sites (tertiary alicyclic amines) is 1. The van der Waals surface area contributed by atoms with Crippen molar-refractivity contribution in [3.8, 4) is 5.75 Å². The van der Waals surface area contributed by atoms with E-state index in [1.165, 1.54) is 0 Å². The molecule has 1 saturated heterocycles. The SMILES string of the molecule is CCNC(=O)[C@@H](NC(=O)CCCN1CC[C@@H](C(=O)Oc2c(F)c(F)c(F)c(F)c2F)C[C@H]1C(F)(F)F)C(C)C. The zero-order valence-corrected chi connectivity index (χ0v) is 21.4. The molecule has 0 unspecified atom stereocenters. The lowest BCUT2D eigenvalue weighted by atomic mass is 9.90. The molecule has 15 heteroatoms. The summed E-state index contributed by atoms with van der Waals surface area (Å²) in [6.07, 6.45) is -6.20. The molecule has 0 spiro atoms. The average molecular weight is 575 g/mol. The molecule has 3 atom stereocenters. The van der Waals surface area contributed by atoms with E-state index in [2.05, 4.69) is 15.4 Å². The number of amides is 2. The highest BCUT2D eigenvalue weighted by Gasteiger charge is 2.48. The van der Waals surface area contributed by atoms with Gasteiger partial charge in [0.15, 0.2) is 0 Å². The number of carbonyl (C=O) groups excluding carboxylic acids is 3. The lowest BCUT2D eigenvalue weighted by Crippen LogP contribution is -2.52. The van der Waals surface area contributed by atoms with Gasteiger partial charge >= 0.3 is 12.1 Å². The topological polar surface area (TPSA) is 87.7 Å². The van der Waals surface area contributed by atoms with Gasteiger partial charge in [0.1, 0.15) is 12.1 Å². The van der Waals surface area contributed by atoms with Crippen LogP contribution < -0.4 is 15.4 Å². The molecule has 7 nitrogen and oxygen atoms in total. The fourth-order valence-corrected chi connectivity index (χ4v) is 4.20. The van der Waals surface area contributed by atoms with E-state index in [1.54, 1.807) is 20.8 Å². The molecule has 0 aliphatic carbocycles. The van der Waals surface area contributed by atoms with Crippen LogP contribution >= 0.6 is 0 Å². The number of ether oxygens (including phenoxy) is 1. The smallest absolute Gasteiger partial charge is 0.404 e. The normalized spacial score (nSPS) is 19.1. The number of nitrogens with zero attached hydrogens (tertiary/aromatic N) is 1. The van der Waals surface area contributed by atoms with Gasteiger partial charge in [0.05, 0.1) is 5.92 Å². The van der Waals surface area contributed by atoms with Crippen LogP contribution in [0.5, 0.6) is 5.75 Å². The van der Waals surface area contributed by atoms with Gasteiger partial charge in [-0.25, -0.2) is 13.2 Å². The quantitative estimate of drug-likeness (QED) is 0.145. The van der Waals surface area contributed by atoms with E-state index < -0.39 is 83.2 Å². The van der Waals surface area contributed by atoms with Crippen LogP contribution in [0.1, 0.15) is 46.5 Å². The van der Waals surface area contributed by atoms with Gasteiger partial charge < -0.3 is 15.4 Å². The van der Waals surface area contributed by atoms with Gasteiger partial charge in [0.25, 0.3) is 0 Å². The second-order valence-electron chi connectivity index (χ2n) is 9.42. The van der Waals surface area contributed by atoms with Crippen LogP contribution in [0, 0.1) is 40.9 Å². The first-order chi connectivity index (χ1) is 18.1. The summed E-state index contributed by atoms with van der Waals surface area (Å²) in [7, 11) is 0. The third kappa shape index (κ3) is 8.02. The van der Waals surface area contributed by atoms with E-state index in [0.29, 0.717) is 6.54 Å². The second kappa shape index (κ2) is 13.4. The number of esters is 1. The van der Waals surface area contributed by atoms with Crippen molar-refractivity contribution in [2.75, 3.05) is 19.6 Å². The first kappa shape index (κ1) is 32.2. The second-order valence-corrected chi connectivity index (χ2v) is 9.42. The van der Waals surface area contributed by atoms with Gasteiger partial charge in [0, 0.05) is 13.0 Å². The van der Waals surface area contributed by atoms with Crippen molar-refractivity contribution < 1.29 is 54.2 Å². The Morgan fingerprint density at radius 1 is 1.00 bits per heavy atom. The molecule has 39 heavy (non-hydrogen) atoms. The largest absolute Gasteiger partial charge is 0.420 e. The van der Waals surface area contributed by atoms with Crippen molar-refractivity contribution >= 4 is 17.8 Å². The Kier molecular flexibility index (Phi) is 11.1. The average Bonchev–Trinajstić information content (AvgIpc) is 2.86. The van der Waals surface area contributed by atoms with Crippen LogP contribution in [-0.4, -0.2) is 60.6 Å². The number of nitrogens with one attached hydrogen (secondary N) is 2. The van der Waals surface area contributed by atoms with Crippen molar-refractivity contribution in [1.82, 2.24) is 15.5 Å². The molecule has 220 valence electrons. The van der Waals surface area contributed by atoms with Gasteiger partial charge in [-0.05, 0) is 45.2 Å². The first-order valence-electron chi connectivity index (χ1n) is 12.2. The predicted octanol–water partition coefficient (Wildman–Crippen LogP) is 3.99. The molecular weight excluding hydrogens is 546 g/mol. The molecule has 1 fully saturated rings. The Morgan fingerprint density at radius 3 is 2.08 bits per heavy atom. The minimum Gasteiger partial charge on any atom is -0.420 e. The molecular formula is C24H29F8N3O4. The fourth-order valence-electron chi connectivity index (χ4n) is 4.20. The molecule has 2 amide bonds. The summed E-state index contributed by atoms with van der Waals surface area (Å²) < 4.78 is 113. The maximum absolute atomic E-state index is 13.8. The number of rotatable bonds is 10. The monoisotopic (exact) mass is 575 g/mol. The Labute approximate surface area is 219 Å². The minimum absolute atomic E-state index is 0.0156. The number of piperidine rings is 1. The molecule has 1 aliphatic heterocycles. The lowest BCUT2D eigenvalue weighted by Gasteiger charge is -2.39. The molecule has 1 aliphatic rings. The van der Waals surface area contributed by atoms with Gasteiger partial charge in [-0.15, -0.1) is 0 Å². The highest BCUT2D eigenvalue weighted by molar-refractivity contribution is 5.87. The van der Waals surface area contributed by atoms with Gasteiger partial charge in [0.2, 0.25) is 46.6 Å². The fraction of sp³-hybridized carbons (Fsp3) is 0.625. The standard InChI is InChI=1S/C24H29F8N3O4/c1-4-33-22(37)20(11(2)3)34-14(36)6-5-8-35-9-7-12(10-13(35)24(30,31)32)23(38)39-21-18(28)16(26)15(25)17(27)19(21)29/h11-13,20H,4-10H2,1-3H3,(H,33,37)(H,34,36)/t12-,13+,20+/m1/s1. The molecule has 2 rings (SSSR count). The molecule has 0 saturated carbocycles. The maximum atomic E-state index is 13.8. The predicted molar refractivity (Wildman–Crippen MR) is 121 cm³/mol. The van der Waals surface area contributed by atoms with Crippen molar-refractivity contribution in [1.29, 1.82) is 0 Å².